The SMILES string of the molecule is C(=C1NC(=Cc2ccccc2)C(=Cc2ccccc2)N1)c1ccccc1.N. The fraction of sp³-hybridized carbons (Fsp3) is 0. The maximum atomic E-state index is 3.50. The van der Waals surface area contributed by atoms with Gasteiger partial charge in [0.05, 0.1) is 11.4 Å². The lowest BCUT2D eigenvalue weighted by atomic mass is 10.1. The molecule has 0 spiro atoms. The molecule has 27 heavy (non-hydrogen) atoms. The van der Waals surface area contributed by atoms with Crippen LogP contribution in [0.3, 0.4) is 0 Å². The highest BCUT2D eigenvalue weighted by Crippen LogP contribution is 2.22. The van der Waals surface area contributed by atoms with Crippen molar-refractivity contribution < 1.29 is 0 Å². The van der Waals surface area contributed by atoms with Crippen LogP contribution in [-0.4, -0.2) is 0 Å². The summed E-state index contributed by atoms with van der Waals surface area (Å²) in [5, 5.41) is 7.00. The largest absolute Gasteiger partial charge is 0.344 e. The lowest BCUT2D eigenvalue weighted by molar-refractivity contribution is 1.01. The average molecular weight is 353 g/mol. The molecule has 1 aliphatic heterocycles. The molecule has 1 aliphatic rings. The van der Waals surface area contributed by atoms with Gasteiger partial charge in [0.1, 0.15) is 5.82 Å². The lowest BCUT2D eigenvalue weighted by Gasteiger charge is -2.01. The van der Waals surface area contributed by atoms with Crippen LogP contribution in [0.1, 0.15) is 16.7 Å². The van der Waals surface area contributed by atoms with Crippen molar-refractivity contribution in [1.29, 1.82) is 0 Å². The van der Waals surface area contributed by atoms with E-state index >= 15 is 0 Å². The molecule has 0 aliphatic carbocycles. The molecule has 1 fully saturated rings. The minimum absolute atomic E-state index is 0. The third-order valence-electron chi connectivity index (χ3n) is 4.16. The molecule has 1 heterocycles. The maximum Gasteiger partial charge on any atom is 0.108 e. The van der Waals surface area contributed by atoms with E-state index in [2.05, 4.69) is 89.5 Å². The Kier molecular flexibility index (Phi) is 5.87. The zero-order valence-corrected chi connectivity index (χ0v) is 15.1. The molecule has 4 rings (SSSR count). The van der Waals surface area contributed by atoms with E-state index in [-0.39, 0.29) is 6.15 Å². The van der Waals surface area contributed by atoms with Crippen molar-refractivity contribution >= 4 is 18.2 Å². The second-order valence-corrected chi connectivity index (χ2v) is 6.16. The van der Waals surface area contributed by atoms with Crippen LogP contribution in [0.25, 0.3) is 18.2 Å². The van der Waals surface area contributed by atoms with Crippen LogP contribution in [0.5, 0.6) is 0 Å². The summed E-state index contributed by atoms with van der Waals surface area (Å²) in [5.41, 5.74) is 5.60. The van der Waals surface area contributed by atoms with Gasteiger partial charge in [-0.15, -0.1) is 0 Å². The van der Waals surface area contributed by atoms with Gasteiger partial charge in [0.15, 0.2) is 0 Å². The van der Waals surface area contributed by atoms with Gasteiger partial charge in [0, 0.05) is 0 Å². The van der Waals surface area contributed by atoms with Crippen molar-refractivity contribution in [2.45, 2.75) is 0 Å². The predicted molar refractivity (Wildman–Crippen MR) is 115 cm³/mol. The average Bonchev–Trinajstić information content (AvgIpc) is 3.05. The van der Waals surface area contributed by atoms with E-state index in [4.69, 9.17) is 0 Å². The van der Waals surface area contributed by atoms with Crippen LogP contribution in [0.2, 0.25) is 0 Å². The molecule has 0 amide bonds. The lowest BCUT2D eigenvalue weighted by Crippen LogP contribution is -2.08. The molecule has 0 saturated carbocycles. The number of rotatable bonds is 3. The van der Waals surface area contributed by atoms with E-state index in [1.165, 1.54) is 0 Å². The van der Waals surface area contributed by atoms with E-state index in [9.17, 15) is 0 Å². The Morgan fingerprint density at radius 1 is 0.444 bits per heavy atom. The fourth-order valence-electron chi connectivity index (χ4n) is 2.90. The van der Waals surface area contributed by atoms with Crippen molar-refractivity contribution in [3.05, 3.63) is 125 Å². The molecular weight excluding hydrogens is 330 g/mol. The molecule has 3 heteroatoms. The van der Waals surface area contributed by atoms with E-state index in [0.29, 0.717) is 0 Å². The smallest absolute Gasteiger partial charge is 0.108 e. The Morgan fingerprint density at radius 3 is 1.15 bits per heavy atom. The molecule has 0 bridgehead atoms. The second kappa shape index (κ2) is 8.70. The van der Waals surface area contributed by atoms with Crippen LogP contribution in [0.4, 0.5) is 0 Å². The first-order valence-electron chi connectivity index (χ1n) is 8.71. The zero-order chi connectivity index (χ0) is 17.6. The van der Waals surface area contributed by atoms with Crippen LogP contribution in [0.15, 0.2) is 108 Å². The van der Waals surface area contributed by atoms with Crippen molar-refractivity contribution in [3.63, 3.8) is 0 Å². The Labute approximate surface area is 160 Å². The zero-order valence-electron chi connectivity index (χ0n) is 15.1. The third kappa shape index (κ3) is 4.75. The summed E-state index contributed by atoms with van der Waals surface area (Å²) in [5.74, 6) is 0.973. The first kappa shape index (κ1) is 18.2. The van der Waals surface area contributed by atoms with Gasteiger partial charge in [-0.1, -0.05) is 91.0 Å². The monoisotopic (exact) mass is 353 g/mol. The molecule has 0 aromatic heterocycles. The molecule has 1 saturated heterocycles. The van der Waals surface area contributed by atoms with Gasteiger partial charge in [-0.25, -0.2) is 0 Å². The molecule has 0 radical (unpaired) electrons. The predicted octanol–water partition coefficient (Wildman–Crippen LogP) is 5.42. The molecule has 0 unspecified atom stereocenters. The molecule has 5 N–H and O–H groups in total. The molecule has 3 aromatic carbocycles. The van der Waals surface area contributed by atoms with Crippen LogP contribution in [-0.2, 0) is 0 Å². The Morgan fingerprint density at radius 2 is 0.778 bits per heavy atom. The summed E-state index contributed by atoms with van der Waals surface area (Å²) < 4.78 is 0. The first-order valence-corrected chi connectivity index (χ1v) is 8.71. The van der Waals surface area contributed by atoms with Gasteiger partial charge >= 0.3 is 0 Å². The molecular formula is C24H23N3. The summed E-state index contributed by atoms with van der Waals surface area (Å²) >= 11 is 0. The van der Waals surface area contributed by atoms with Gasteiger partial charge in [-0.05, 0) is 34.9 Å². The van der Waals surface area contributed by atoms with E-state index in [1.54, 1.807) is 0 Å². The normalized spacial score (nSPS) is 15.8. The van der Waals surface area contributed by atoms with E-state index < -0.39 is 0 Å². The van der Waals surface area contributed by atoms with Crippen LogP contribution >= 0.6 is 0 Å². The summed E-state index contributed by atoms with van der Waals surface area (Å²) in [6.07, 6.45) is 6.44. The van der Waals surface area contributed by atoms with Crippen molar-refractivity contribution in [2.24, 2.45) is 0 Å². The van der Waals surface area contributed by atoms with Crippen molar-refractivity contribution in [3.8, 4) is 0 Å². The number of benzene rings is 3. The summed E-state index contributed by atoms with van der Waals surface area (Å²) in [6, 6.07) is 31.0. The standard InChI is InChI=1S/C24H20N2.H3N/c1-4-10-19(11-5-1)16-22-23(17-20-12-6-2-7-13-20)26-24(25-22)18-21-14-8-3-9-15-21;/h1-18,25-26H;1H3. The van der Waals surface area contributed by atoms with Crippen LogP contribution in [0, 0.1) is 0 Å². The minimum atomic E-state index is 0. The van der Waals surface area contributed by atoms with Gasteiger partial charge in [0.2, 0.25) is 0 Å². The first-order chi connectivity index (χ1) is 12.9. The third-order valence-corrected chi connectivity index (χ3v) is 4.16. The number of hydrogen-bond donors (Lipinski definition) is 3. The topological polar surface area (TPSA) is 59.1 Å². The van der Waals surface area contributed by atoms with Gasteiger partial charge in [-0.2, -0.15) is 0 Å². The minimum Gasteiger partial charge on any atom is -0.344 e. The van der Waals surface area contributed by atoms with E-state index in [0.717, 1.165) is 33.9 Å². The number of hydrogen-bond acceptors (Lipinski definition) is 3. The van der Waals surface area contributed by atoms with Gasteiger partial charge in [0.25, 0.3) is 0 Å². The molecule has 134 valence electrons. The second-order valence-electron chi connectivity index (χ2n) is 6.16. The molecule has 3 nitrogen and oxygen atoms in total. The Bertz CT molecular complexity index is 897. The van der Waals surface area contributed by atoms with Gasteiger partial charge in [-0.3, -0.25) is 0 Å². The fourth-order valence-corrected chi connectivity index (χ4v) is 2.90. The van der Waals surface area contributed by atoms with Crippen molar-refractivity contribution in [2.75, 3.05) is 0 Å². The molecule has 0 atom stereocenters. The molecule has 3 aromatic rings. The van der Waals surface area contributed by atoms with Gasteiger partial charge < -0.3 is 16.8 Å². The highest BCUT2D eigenvalue weighted by atomic mass is 15.2. The maximum absolute atomic E-state index is 3.50. The quantitative estimate of drug-likeness (QED) is 0.589. The summed E-state index contributed by atoms with van der Waals surface area (Å²) in [6.45, 7) is 0. The highest BCUT2D eigenvalue weighted by Gasteiger charge is 2.17. The summed E-state index contributed by atoms with van der Waals surface area (Å²) in [7, 11) is 0. The van der Waals surface area contributed by atoms with Crippen molar-refractivity contribution in [1.82, 2.24) is 16.8 Å². The van der Waals surface area contributed by atoms with E-state index in [1.807, 2.05) is 30.3 Å². The van der Waals surface area contributed by atoms with Crippen LogP contribution < -0.4 is 16.8 Å². The summed E-state index contributed by atoms with van der Waals surface area (Å²) in [4.78, 5) is 0. The number of nitrogens with one attached hydrogen (secondary N) is 2. The Hall–Kier alpha value is -3.56. The Balaban J connectivity index is 0.00000210. The highest BCUT2D eigenvalue weighted by molar-refractivity contribution is 5.70.